The quantitative estimate of drug-likeness (QED) is 0.587. The van der Waals surface area contributed by atoms with E-state index in [2.05, 4.69) is 10.3 Å². The van der Waals surface area contributed by atoms with Gasteiger partial charge in [0.15, 0.2) is 0 Å². The van der Waals surface area contributed by atoms with Crippen LogP contribution in [-0.4, -0.2) is 10.9 Å². The van der Waals surface area contributed by atoms with Gasteiger partial charge in [-0.15, -0.1) is 0 Å². The van der Waals surface area contributed by atoms with E-state index < -0.39 is 0 Å². The minimum Gasteiger partial charge on any atom is -0.348 e. The van der Waals surface area contributed by atoms with Gasteiger partial charge in [-0.05, 0) is 11.6 Å². The smallest absolute Gasteiger partial charge is 0.255 e. The molecule has 1 aliphatic rings. The van der Waals surface area contributed by atoms with Crippen LogP contribution in [-0.2, 0) is 6.54 Å². The molecule has 1 aromatic heterocycles. The molecule has 0 radical (unpaired) electrons. The van der Waals surface area contributed by atoms with E-state index in [-0.39, 0.29) is 11.1 Å². The van der Waals surface area contributed by atoms with Gasteiger partial charge in [-0.25, -0.2) is 4.98 Å². The summed E-state index contributed by atoms with van der Waals surface area (Å²) in [4.78, 5) is 14.9. The molecule has 0 aliphatic carbocycles. The predicted octanol–water partition coefficient (Wildman–Crippen LogP) is 0.978. The summed E-state index contributed by atoms with van der Waals surface area (Å²) in [5.41, 5.74) is 1.45. The van der Waals surface area contributed by atoms with E-state index in [1.54, 1.807) is 12.3 Å². The third kappa shape index (κ3) is 0.886. The highest BCUT2D eigenvalue weighted by Gasteiger charge is 2.21. The number of fused-ring (bicyclic) bond motifs is 1. The molecule has 56 valence electrons. The molecule has 3 nitrogen and oxygen atoms in total. The molecule has 1 N–H and O–H groups in total. The van der Waals surface area contributed by atoms with Crippen molar-refractivity contribution in [3.63, 3.8) is 0 Å². The van der Waals surface area contributed by atoms with Crippen LogP contribution >= 0.6 is 11.6 Å². The Balaban J connectivity index is 2.68. The molecule has 0 aromatic carbocycles. The molecule has 0 fully saturated rings. The van der Waals surface area contributed by atoms with Crippen molar-refractivity contribution in [2.45, 2.75) is 6.54 Å². The summed E-state index contributed by atoms with van der Waals surface area (Å²) < 4.78 is 0. The van der Waals surface area contributed by atoms with Crippen molar-refractivity contribution < 1.29 is 4.79 Å². The van der Waals surface area contributed by atoms with Crippen LogP contribution in [0.3, 0.4) is 0 Å². The summed E-state index contributed by atoms with van der Waals surface area (Å²) in [7, 11) is 0. The Labute approximate surface area is 68.4 Å². The highest BCUT2D eigenvalue weighted by molar-refractivity contribution is 6.33. The number of pyridine rings is 1. The Kier molecular flexibility index (Phi) is 1.32. The summed E-state index contributed by atoms with van der Waals surface area (Å²) in [6.07, 6.45) is 1.60. The van der Waals surface area contributed by atoms with Crippen LogP contribution in [0.2, 0.25) is 5.15 Å². The van der Waals surface area contributed by atoms with E-state index in [1.165, 1.54) is 0 Å². The fraction of sp³-hybridized carbons (Fsp3) is 0.143. The Morgan fingerprint density at radius 1 is 1.64 bits per heavy atom. The van der Waals surface area contributed by atoms with E-state index in [1.807, 2.05) is 0 Å². The first-order valence-corrected chi connectivity index (χ1v) is 3.58. The zero-order valence-corrected chi connectivity index (χ0v) is 6.35. The second-order valence-electron chi connectivity index (χ2n) is 2.32. The van der Waals surface area contributed by atoms with Crippen molar-refractivity contribution in [3.8, 4) is 0 Å². The first kappa shape index (κ1) is 6.61. The lowest BCUT2D eigenvalue weighted by Crippen LogP contribution is -2.12. The van der Waals surface area contributed by atoms with Crippen LogP contribution in [0, 0.1) is 0 Å². The molecule has 1 aromatic rings. The van der Waals surface area contributed by atoms with Gasteiger partial charge in [0.05, 0.1) is 5.56 Å². The third-order valence-electron chi connectivity index (χ3n) is 1.66. The number of nitrogens with one attached hydrogen (secondary N) is 1. The van der Waals surface area contributed by atoms with Crippen LogP contribution in [0.25, 0.3) is 0 Å². The van der Waals surface area contributed by atoms with Crippen LogP contribution in [0.15, 0.2) is 12.3 Å². The lowest BCUT2D eigenvalue weighted by molar-refractivity contribution is 0.0965. The van der Waals surface area contributed by atoms with Gasteiger partial charge in [-0.2, -0.15) is 0 Å². The van der Waals surface area contributed by atoms with Gasteiger partial charge >= 0.3 is 0 Å². The van der Waals surface area contributed by atoms with Gasteiger partial charge in [0.2, 0.25) is 0 Å². The fourth-order valence-corrected chi connectivity index (χ4v) is 1.39. The molecule has 0 saturated carbocycles. The minimum atomic E-state index is -0.127. The largest absolute Gasteiger partial charge is 0.348 e. The number of amides is 1. The summed E-state index contributed by atoms with van der Waals surface area (Å²) in [6.45, 7) is 0.566. The number of carbonyl (C=O) groups excluding carboxylic acids is 1. The van der Waals surface area contributed by atoms with E-state index in [0.29, 0.717) is 12.1 Å². The molecule has 0 atom stereocenters. The maximum absolute atomic E-state index is 11.1. The van der Waals surface area contributed by atoms with Crippen molar-refractivity contribution in [1.29, 1.82) is 0 Å². The van der Waals surface area contributed by atoms with Crippen molar-refractivity contribution in [3.05, 3.63) is 28.5 Å². The first-order chi connectivity index (χ1) is 5.29. The number of nitrogens with zero attached hydrogens (tertiary/aromatic N) is 1. The Morgan fingerprint density at radius 2 is 2.45 bits per heavy atom. The second kappa shape index (κ2) is 2.20. The highest BCUT2D eigenvalue weighted by Crippen LogP contribution is 2.20. The molecule has 2 rings (SSSR count). The summed E-state index contributed by atoms with van der Waals surface area (Å²) in [6, 6.07) is 1.79. The Bertz CT molecular complexity index is 324. The van der Waals surface area contributed by atoms with E-state index >= 15 is 0 Å². The number of hydrogen-bond donors (Lipinski definition) is 1. The Morgan fingerprint density at radius 3 is 3.18 bits per heavy atom. The number of carbonyl (C=O) groups is 1. The molecule has 0 saturated heterocycles. The predicted molar refractivity (Wildman–Crippen MR) is 40.4 cm³/mol. The zero-order chi connectivity index (χ0) is 7.84. The molecule has 0 unspecified atom stereocenters. The number of aromatic nitrogens is 1. The number of rotatable bonds is 0. The number of halogens is 1. The molecule has 0 spiro atoms. The summed E-state index contributed by atoms with van der Waals surface area (Å²) >= 11 is 5.69. The van der Waals surface area contributed by atoms with Crippen molar-refractivity contribution in [2.75, 3.05) is 0 Å². The lowest BCUT2D eigenvalue weighted by Gasteiger charge is -1.94. The standard InChI is InChI=1S/C7H5ClN2O/c8-6-5-4(1-2-9-6)3-10-7(5)11/h1-2H,3H2,(H,10,11). The topological polar surface area (TPSA) is 42.0 Å². The second-order valence-corrected chi connectivity index (χ2v) is 2.68. The average molecular weight is 169 g/mol. The van der Waals surface area contributed by atoms with Crippen LogP contribution in [0.5, 0.6) is 0 Å². The van der Waals surface area contributed by atoms with Gasteiger partial charge < -0.3 is 5.32 Å². The molecule has 11 heavy (non-hydrogen) atoms. The third-order valence-corrected chi connectivity index (χ3v) is 1.94. The van der Waals surface area contributed by atoms with Gasteiger partial charge in [-0.1, -0.05) is 11.6 Å². The van der Waals surface area contributed by atoms with Gasteiger partial charge in [0.25, 0.3) is 5.91 Å². The van der Waals surface area contributed by atoms with Gasteiger partial charge in [0, 0.05) is 12.7 Å². The Hall–Kier alpha value is -1.09. The van der Waals surface area contributed by atoms with E-state index in [0.717, 1.165) is 5.56 Å². The molecule has 4 heteroatoms. The maximum Gasteiger partial charge on any atom is 0.255 e. The van der Waals surface area contributed by atoms with E-state index in [9.17, 15) is 4.79 Å². The number of hydrogen-bond acceptors (Lipinski definition) is 2. The van der Waals surface area contributed by atoms with Crippen molar-refractivity contribution in [1.82, 2.24) is 10.3 Å². The van der Waals surface area contributed by atoms with Crippen LogP contribution in [0.4, 0.5) is 0 Å². The van der Waals surface area contributed by atoms with Crippen molar-refractivity contribution in [2.24, 2.45) is 0 Å². The SMILES string of the molecule is O=C1NCc2ccnc(Cl)c21. The van der Waals surface area contributed by atoms with Crippen LogP contribution < -0.4 is 5.32 Å². The molecular formula is C7H5ClN2O. The maximum atomic E-state index is 11.1. The normalized spacial score (nSPS) is 14.5. The first-order valence-electron chi connectivity index (χ1n) is 3.20. The molecule has 1 aliphatic heterocycles. The lowest BCUT2D eigenvalue weighted by atomic mass is 10.2. The zero-order valence-electron chi connectivity index (χ0n) is 5.60. The van der Waals surface area contributed by atoms with E-state index in [4.69, 9.17) is 11.6 Å². The molecule has 2 heterocycles. The molecular weight excluding hydrogens is 164 g/mol. The minimum absolute atomic E-state index is 0.127. The van der Waals surface area contributed by atoms with Crippen molar-refractivity contribution >= 4 is 17.5 Å². The molecule has 0 bridgehead atoms. The fourth-order valence-electron chi connectivity index (χ4n) is 1.12. The summed E-state index contributed by atoms with van der Waals surface area (Å²) in [5, 5.41) is 2.95. The highest BCUT2D eigenvalue weighted by atomic mass is 35.5. The summed E-state index contributed by atoms with van der Waals surface area (Å²) in [5.74, 6) is -0.127. The van der Waals surface area contributed by atoms with Crippen LogP contribution in [0.1, 0.15) is 15.9 Å². The van der Waals surface area contributed by atoms with Gasteiger partial charge in [0.1, 0.15) is 5.15 Å². The van der Waals surface area contributed by atoms with Gasteiger partial charge in [-0.3, -0.25) is 4.79 Å². The average Bonchev–Trinajstić information content (AvgIpc) is 2.34. The molecule has 1 amide bonds. The monoisotopic (exact) mass is 168 g/mol.